The van der Waals surface area contributed by atoms with Crippen LogP contribution in [-0.4, -0.2) is 38.7 Å². The molecule has 0 bridgehead atoms. The average Bonchev–Trinajstić information content (AvgIpc) is 2.64. The quantitative estimate of drug-likeness (QED) is 0.679. The molecule has 0 spiro atoms. The van der Waals surface area contributed by atoms with Crippen molar-refractivity contribution in [2.45, 2.75) is 6.10 Å². The predicted molar refractivity (Wildman–Crippen MR) is 49.7 cm³/mol. The maximum Gasteiger partial charge on any atom is 0.179 e. The minimum Gasteiger partial charge on any atom is -0.387 e. The normalized spacial score (nSPS) is 13.3. The second-order valence-corrected chi connectivity index (χ2v) is 3.02. The molecule has 0 aromatic carbocycles. The van der Waals surface area contributed by atoms with E-state index in [1.165, 1.54) is 4.52 Å². The summed E-state index contributed by atoms with van der Waals surface area (Å²) in [5.74, 6) is 0. The highest BCUT2D eigenvalue weighted by atomic mass is 16.3. The third-order valence-corrected chi connectivity index (χ3v) is 2.00. The van der Waals surface area contributed by atoms with E-state index in [1.807, 2.05) is 6.07 Å². The fourth-order valence-electron chi connectivity index (χ4n) is 1.27. The summed E-state index contributed by atoms with van der Waals surface area (Å²) >= 11 is 0. The first-order chi connectivity index (χ1) is 6.81. The Morgan fingerprint density at radius 1 is 1.57 bits per heavy atom. The molecule has 1 unspecified atom stereocenters. The van der Waals surface area contributed by atoms with Crippen molar-refractivity contribution in [2.24, 2.45) is 0 Å². The molecule has 6 nitrogen and oxygen atoms in total. The maximum absolute atomic E-state index is 9.67. The molecule has 2 aromatic rings. The van der Waals surface area contributed by atoms with Gasteiger partial charge in [-0.1, -0.05) is 6.07 Å². The van der Waals surface area contributed by atoms with Gasteiger partial charge in [0.05, 0.1) is 6.10 Å². The summed E-state index contributed by atoms with van der Waals surface area (Å²) < 4.78 is 1.54. The van der Waals surface area contributed by atoms with Crippen LogP contribution >= 0.6 is 0 Å². The van der Waals surface area contributed by atoms with E-state index in [9.17, 15) is 5.11 Å². The molecule has 2 heterocycles. The van der Waals surface area contributed by atoms with Crippen LogP contribution in [0.25, 0.3) is 5.65 Å². The summed E-state index contributed by atoms with van der Waals surface area (Å²) in [6.07, 6.45) is 1.19. The Labute approximate surface area is 80.6 Å². The Balaban J connectivity index is 2.33. The van der Waals surface area contributed by atoms with E-state index >= 15 is 0 Å². The molecular weight excluding hydrogens is 182 g/mol. The fourth-order valence-corrected chi connectivity index (χ4v) is 1.27. The van der Waals surface area contributed by atoms with Gasteiger partial charge in [-0.15, -0.1) is 5.10 Å². The van der Waals surface area contributed by atoms with Gasteiger partial charge < -0.3 is 10.4 Å². The van der Waals surface area contributed by atoms with Crippen LogP contribution in [0.1, 0.15) is 11.7 Å². The van der Waals surface area contributed by atoms with E-state index in [-0.39, 0.29) is 0 Å². The van der Waals surface area contributed by atoms with Gasteiger partial charge in [0.15, 0.2) is 5.65 Å². The van der Waals surface area contributed by atoms with Gasteiger partial charge in [0, 0.05) is 18.3 Å². The third-order valence-electron chi connectivity index (χ3n) is 2.00. The van der Waals surface area contributed by atoms with Crippen molar-refractivity contribution in [2.75, 3.05) is 13.6 Å². The molecule has 0 saturated carbocycles. The average molecular weight is 193 g/mol. The van der Waals surface area contributed by atoms with Crippen LogP contribution in [0, 0.1) is 0 Å². The predicted octanol–water partition coefficient (Wildman–Crippen LogP) is -0.623. The standard InChI is InChI=1S/C8H11N5O/c1-9-4-7(14)6-2-3-8-10-11-12-13(8)5-6/h2-3,5,7,9,14H,4H2,1H3. The Kier molecular flexibility index (Phi) is 2.38. The monoisotopic (exact) mass is 193 g/mol. The molecule has 0 amide bonds. The third kappa shape index (κ3) is 1.57. The number of pyridine rings is 1. The van der Waals surface area contributed by atoms with Gasteiger partial charge in [0.1, 0.15) is 0 Å². The molecule has 0 saturated heterocycles. The van der Waals surface area contributed by atoms with E-state index in [0.29, 0.717) is 12.2 Å². The van der Waals surface area contributed by atoms with E-state index in [0.717, 1.165) is 5.56 Å². The van der Waals surface area contributed by atoms with Crippen LogP contribution in [0.5, 0.6) is 0 Å². The Morgan fingerprint density at radius 3 is 3.21 bits per heavy atom. The highest BCUT2D eigenvalue weighted by molar-refractivity contribution is 5.36. The maximum atomic E-state index is 9.67. The summed E-state index contributed by atoms with van der Waals surface area (Å²) in [5.41, 5.74) is 1.46. The van der Waals surface area contributed by atoms with Crippen LogP contribution in [0.15, 0.2) is 18.3 Å². The number of hydrogen-bond donors (Lipinski definition) is 2. The largest absolute Gasteiger partial charge is 0.387 e. The van der Waals surface area contributed by atoms with Gasteiger partial charge >= 0.3 is 0 Å². The van der Waals surface area contributed by atoms with E-state index in [4.69, 9.17) is 0 Å². The lowest BCUT2D eigenvalue weighted by Crippen LogP contribution is -2.17. The fraction of sp³-hybridized carbons (Fsp3) is 0.375. The zero-order valence-corrected chi connectivity index (χ0v) is 7.75. The smallest absolute Gasteiger partial charge is 0.179 e. The number of tetrazole rings is 1. The van der Waals surface area contributed by atoms with E-state index in [2.05, 4.69) is 20.8 Å². The van der Waals surface area contributed by atoms with Gasteiger partial charge in [-0.25, -0.2) is 4.52 Å². The number of nitrogens with one attached hydrogen (secondary N) is 1. The Bertz CT molecular complexity index is 426. The van der Waals surface area contributed by atoms with Crippen molar-refractivity contribution in [1.82, 2.24) is 25.4 Å². The van der Waals surface area contributed by atoms with Crippen LogP contribution in [0.3, 0.4) is 0 Å². The second kappa shape index (κ2) is 3.69. The summed E-state index contributed by atoms with van der Waals surface area (Å²) in [6, 6.07) is 3.59. The van der Waals surface area contributed by atoms with Gasteiger partial charge in [-0.2, -0.15) is 0 Å². The number of fused-ring (bicyclic) bond motifs is 1. The molecule has 2 N–H and O–H groups in total. The number of hydrogen-bond acceptors (Lipinski definition) is 5. The van der Waals surface area contributed by atoms with Crippen LogP contribution < -0.4 is 5.32 Å². The molecule has 0 radical (unpaired) electrons. The summed E-state index contributed by atoms with van der Waals surface area (Å²) in [7, 11) is 1.79. The van der Waals surface area contributed by atoms with Crippen molar-refractivity contribution >= 4 is 5.65 Å². The van der Waals surface area contributed by atoms with Crippen LogP contribution in [-0.2, 0) is 0 Å². The minimum atomic E-state index is -0.534. The molecule has 0 fully saturated rings. The highest BCUT2D eigenvalue weighted by Crippen LogP contribution is 2.11. The number of nitrogens with zero attached hydrogens (tertiary/aromatic N) is 4. The lowest BCUT2D eigenvalue weighted by molar-refractivity contribution is 0.177. The minimum absolute atomic E-state index is 0.508. The number of likely N-dealkylation sites (N-methyl/N-ethyl adjacent to an activating group) is 1. The van der Waals surface area contributed by atoms with Gasteiger partial charge in [-0.3, -0.25) is 0 Å². The molecule has 2 aromatic heterocycles. The number of aliphatic hydroxyl groups is 1. The Hall–Kier alpha value is -1.53. The van der Waals surface area contributed by atoms with Crippen LogP contribution in [0.4, 0.5) is 0 Å². The molecule has 0 aliphatic rings. The zero-order chi connectivity index (χ0) is 9.97. The van der Waals surface area contributed by atoms with Gasteiger partial charge in [0.2, 0.25) is 0 Å². The number of rotatable bonds is 3. The zero-order valence-electron chi connectivity index (χ0n) is 7.75. The van der Waals surface area contributed by atoms with E-state index in [1.54, 1.807) is 19.3 Å². The topological polar surface area (TPSA) is 75.3 Å². The first-order valence-corrected chi connectivity index (χ1v) is 4.31. The summed E-state index contributed by atoms with van der Waals surface area (Å²) in [4.78, 5) is 0. The lowest BCUT2D eigenvalue weighted by Gasteiger charge is -2.09. The SMILES string of the molecule is CNCC(O)c1ccc2nnnn2c1. The van der Waals surface area contributed by atoms with Crippen molar-refractivity contribution in [3.63, 3.8) is 0 Å². The molecule has 2 rings (SSSR count). The van der Waals surface area contributed by atoms with E-state index < -0.39 is 6.10 Å². The van der Waals surface area contributed by atoms with Crippen molar-refractivity contribution in [1.29, 1.82) is 0 Å². The van der Waals surface area contributed by atoms with Crippen LogP contribution in [0.2, 0.25) is 0 Å². The lowest BCUT2D eigenvalue weighted by atomic mass is 10.1. The Morgan fingerprint density at radius 2 is 2.43 bits per heavy atom. The van der Waals surface area contributed by atoms with Crippen molar-refractivity contribution in [3.8, 4) is 0 Å². The molecule has 0 aliphatic heterocycles. The van der Waals surface area contributed by atoms with Crippen molar-refractivity contribution in [3.05, 3.63) is 23.9 Å². The highest BCUT2D eigenvalue weighted by Gasteiger charge is 2.07. The van der Waals surface area contributed by atoms with Gasteiger partial charge in [-0.05, 0) is 23.5 Å². The summed E-state index contributed by atoms with van der Waals surface area (Å²) in [6.45, 7) is 0.508. The molecule has 6 heteroatoms. The van der Waals surface area contributed by atoms with Crippen molar-refractivity contribution < 1.29 is 5.11 Å². The molecule has 74 valence electrons. The number of aromatic nitrogens is 4. The molecule has 0 aliphatic carbocycles. The molecule has 1 atom stereocenters. The summed E-state index contributed by atoms with van der Waals surface area (Å²) in [5, 5.41) is 23.6. The second-order valence-electron chi connectivity index (χ2n) is 3.02. The number of aliphatic hydroxyl groups excluding tert-OH is 1. The molecular formula is C8H11N5O. The molecule has 14 heavy (non-hydrogen) atoms. The van der Waals surface area contributed by atoms with Gasteiger partial charge in [0.25, 0.3) is 0 Å². The first kappa shape index (κ1) is 9.04. The first-order valence-electron chi connectivity index (χ1n) is 4.31.